The molecule has 152 valence electrons. The molecule has 2 heterocycles. The molecule has 1 saturated carbocycles. The molecule has 1 fully saturated rings. The molecule has 2 aromatic rings. The Morgan fingerprint density at radius 3 is 2.75 bits per heavy atom. The number of aliphatic imine (C=N–C) groups is 1. The lowest BCUT2D eigenvalue weighted by molar-refractivity contribution is 0.0468. The van der Waals surface area contributed by atoms with Crippen molar-refractivity contribution in [3.63, 3.8) is 0 Å². The number of ether oxygens (including phenoxy) is 1. The van der Waals surface area contributed by atoms with Crippen molar-refractivity contribution >= 4 is 5.96 Å². The quantitative estimate of drug-likeness (QED) is 0.317. The number of nitrogens with zero attached hydrogens (tertiary/aromatic N) is 4. The van der Waals surface area contributed by atoms with E-state index in [4.69, 9.17) is 4.74 Å². The van der Waals surface area contributed by atoms with Gasteiger partial charge in [-0.2, -0.15) is 0 Å². The molecule has 0 aromatic carbocycles. The van der Waals surface area contributed by atoms with E-state index in [2.05, 4.69) is 32.5 Å². The highest BCUT2D eigenvalue weighted by Gasteiger charge is 2.12. The Kier molecular flexibility index (Phi) is 8.30. The van der Waals surface area contributed by atoms with Gasteiger partial charge in [0.2, 0.25) is 0 Å². The molecule has 0 aliphatic heterocycles. The molecular formula is C21H32N6O. The predicted molar refractivity (Wildman–Crippen MR) is 112 cm³/mol. The van der Waals surface area contributed by atoms with Gasteiger partial charge >= 0.3 is 0 Å². The Hall–Kier alpha value is -2.41. The van der Waals surface area contributed by atoms with E-state index >= 15 is 0 Å². The van der Waals surface area contributed by atoms with Crippen molar-refractivity contribution in [1.29, 1.82) is 0 Å². The van der Waals surface area contributed by atoms with Crippen LogP contribution in [0.25, 0.3) is 5.82 Å². The van der Waals surface area contributed by atoms with Crippen molar-refractivity contribution in [2.24, 2.45) is 4.99 Å². The normalized spacial score (nSPS) is 16.0. The standard InChI is InChI=1S/C21H32N6O/c1-2-23-21(24-12-14-28-19-7-5-3-4-6-8-19)26-16-18-9-10-20(25-15-18)27-13-11-22-17-27/h9-11,13,15,17,19H,2-8,12,14,16H2,1H3,(H2,23,24,26). The molecule has 0 radical (unpaired) electrons. The first kappa shape index (κ1) is 20.3. The molecule has 0 spiro atoms. The number of nitrogens with one attached hydrogen (secondary N) is 2. The summed E-state index contributed by atoms with van der Waals surface area (Å²) in [6.45, 7) is 4.96. The first-order valence-corrected chi connectivity index (χ1v) is 10.4. The molecule has 7 heteroatoms. The van der Waals surface area contributed by atoms with Crippen LogP contribution in [0, 0.1) is 0 Å². The maximum atomic E-state index is 6.04. The molecule has 3 rings (SSSR count). The Labute approximate surface area is 167 Å². The van der Waals surface area contributed by atoms with Crippen molar-refractivity contribution < 1.29 is 4.74 Å². The predicted octanol–water partition coefficient (Wildman–Crippen LogP) is 3.06. The number of aromatic nitrogens is 3. The van der Waals surface area contributed by atoms with Crippen LogP contribution >= 0.6 is 0 Å². The third kappa shape index (κ3) is 6.64. The SMILES string of the molecule is CCNC(=NCc1ccc(-n2ccnc2)nc1)NCCOC1CCCCCC1. The van der Waals surface area contributed by atoms with E-state index < -0.39 is 0 Å². The van der Waals surface area contributed by atoms with E-state index in [1.165, 1.54) is 38.5 Å². The molecule has 7 nitrogen and oxygen atoms in total. The summed E-state index contributed by atoms with van der Waals surface area (Å²) in [6.07, 6.45) is 15.4. The molecule has 0 unspecified atom stereocenters. The maximum Gasteiger partial charge on any atom is 0.191 e. The van der Waals surface area contributed by atoms with E-state index in [0.29, 0.717) is 12.6 Å². The van der Waals surface area contributed by atoms with Crippen molar-refractivity contribution in [2.45, 2.75) is 58.1 Å². The summed E-state index contributed by atoms with van der Waals surface area (Å²) in [6, 6.07) is 4.03. The first-order valence-electron chi connectivity index (χ1n) is 10.4. The van der Waals surface area contributed by atoms with E-state index in [1.54, 1.807) is 12.5 Å². The molecule has 0 amide bonds. The maximum absolute atomic E-state index is 6.04. The molecule has 0 bridgehead atoms. The molecule has 0 saturated heterocycles. The minimum absolute atomic E-state index is 0.434. The largest absolute Gasteiger partial charge is 0.376 e. The summed E-state index contributed by atoms with van der Waals surface area (Å²) < 4.78 is 7.92. The second-order valence-corrected chi connectivity index (χ2v) is 7.10. The lowest BCUT2D eigenvalue weighted by Crippen LogP contribution is -2.39. The molecule has 1 aliphatic rings. The van der Waals surface area contributed by atoms with Gasteiger partial charge in [-0.25, -0.2) is 15.0 Å². The highest BCUT2D eigenvalue weighted by Crippen LogP contribution is 2.19. The number of hydrogen-bond acceptors (Lipinski definition) is 4. The van der Waals surface area contributed by atoms with Gasteiger partial charge in [0.15, 0.2) is 5.96 Å². The van der Waals surface area contributed by atoms with Gasteiger partial charge < -0.3 is 15.4 Å². The van der Waals surface area contributed by atoms with E-state index in [0.717, 1.165) is 37.0 Å². The Morgan fingerprint density at radius 2 is 2.07 bits per heavy atom. The van der Waals surface area contributed by atoms with Crippen molar-refractivity contribution in [1.82, 2.24) is 25.2 Å². The van der Waals surface area contributed by atoms with E-state index in [1.807, 2.05) is 29.1 Å². The second kappa shape index (κ2) is 11.4. The summed E-state index contributed by atoms with van der Waals surface area (Å²) in [5.74, 6) is 1.66. The zero-order valence-corrected chi connectivity index (χ0v) is 16.8. The number of imidazole rings is 1. The summed E-state index contributed by atoms with van der Waals surface area (Å²) in [5.41, 5.74) is 1.07. The highest BCUT2D eigenvalue weighted by atomic mass is 16.5. The Bertz CT molecular complexity index is 690. The lowest BCUT2D eigenvalue weighted by atomic mass is 10.1. The van der Waals surface area contributed by atoms with Crippen LogP contribution in [0.4, 0.5) is 0 Å². The van der Waals surface area contributed by atoms with Gasteiger partial charge in [-0.15, -0.1) is 0 Å². The van der Waals surface area contributed by atoms with Crippen LogP contribution in [0.15, 0.2) is 42.0 Å². The highest BCUT2D eigenvalue weighted by molar-refractivity contribution is 5.79. The fourth-order valence-corrected chi connectivity index (χ4v) is 3.37. The Morgan fingerprint density at radius 1 is 1.21 bits per heavy atom. The third-order valence-electron chi connectivity index (χ3n) is 4.89. The van der Waals surface area contributed by atoms with Crippen LogP contribution in [0.1, 0.15) is 51.0 Å². The molecule has 1 aliphatic carbocycles. The molecule has 2 aromatic heterocycles. The zero-order valence-electron chi connectivity index (χ0n) is 16.8. The molecule has 0 atom stereocenters. The van der Waals surface area contributed by atoms with Gasteiger partial charge in [-0.3, -0.25) is 4.57 Å². The smallest absolute Gasteiger partial charge is 0.191 e. The lowest BCUT2D eigenvalue weighted by Gasteiger charge is -2.16. The average Bonchev–Trinajstić information content (AvgIpc) is 3.14. The fourth-order valence-electron chi connectivity index (χ4n) is 3.37. The fraction of sp³-hybridized carbons (Fsp3) is 0.571. The van der Waals surface area contributed by atoms with Gasteiger partial charge in [0.1, 0.15) is 12.1 Å². The number of guanidine groups is 1. The topological polar surface area (TPSA) is 76.4 Å². The van der Waals surface area contributed by atoms with Crippen LogP contribution in [-0.4, -0.2) is 46.3 Å². The minimum Gasteiger partial charge on any atom is -0.376 e. The van der Waals surface area contributed by atoms with Crippen molar-refractivity contribution in [3.05, 3.63) is 42.6 Å². The van der Waals surface area contributed by atoms with Gasteiger partial charge in [-0.1, -0.05) is 31.7 Å². The van der Waals surface area contributed by atoms with E-state index in [9.17, 15) is 0 Å². The van der Waals surface area contributed by atoms with Gasteiger partial charge in [0.05, 0.1) is 19.3 Å². The van der Waals surface area contributed by atoms with Crippen molar-refractivity contribution in [3.8, 4) is 5.82 Å². The number of pyridine rings is 1. The van der Waals surface area contributed by atoms with Gasteiger partial charge in [0.25, 0.3) is 0 Å². The summed E-state index contributed by atoms with van der Waals surface area (Å²) >= 11 is 0. The number of hydrogen-bond donors (Lipinski definition) is 2. The monoisotopic (exact) mass is 384 g/mol. The first-order chi connectivity index (χ1) is 13.8. The summed E-state index contributed by atoms with van der Waals surface area (Å²) in [5, 5.41) is 6.65. The van der Waals surface area contributed by atoms with Crippen LogP contribution < -0.4 is 10.6 Å². The Balaban J connectivity index is 1.44. The van der Waals surface area contributed by atoms with E-state index in [-0.39, 0.29) is 0 Å². The molecule has 28 heavy (non-hydrogen) atoms. The van der Waals surface area contributed by atoms with Gasteiger partial charge in [0, 0.05) is 31.7 Å². The second-order valence-electron chi connectivity index (χ2n) is 7.10. The summed E-state index contributed by atoms with van der Waals surface area (Å²) in [7, 11) is 0. The van der Waals surface area contributed by atoms with Crippen LogP contribution in [-0.2, 0) is 11.3 Å². The van der Waals surface area contributed by atoms with Crippen LogP contribution in [0.3, 0.4) is 0 Å². The zero-order chi connectivity index (χ0) is 19.4. The third-order valence-corrected chi connectivity index (χ3v) is 4.89. The van der Waals surface area contributed by atoms with Crippen molar-refractivity contribution in [2.75, 3.05) is 19.7 Å². The summed E-state index contributed by atoms with van der Waals surface area (Å²) in [4.78, 5) is 13.2. The minimum atomic E-state index is 0.434. The average molecular weight is 385 g/mol. The number of rotatable bonds is 8. The van der Waals surface area contributed by atoms with Crippen LogP contribution in [0.2, 0.25) is 0 Å². The van der Waals surface area contributed by atoms with Gasteiger partial charge in [-0.05, 0) is 31.4 Å². The van der Waals surface area contributed by atoms with Crippen LogP contribution in [0.5, 0.6) is 0 Å². The molecular weight excluding hydrogens is 352 g/mol. The molecule has 2 N–H and O–H groups in total.